The molecule has 2 heterocycles. The SMILES string of the molecule is Cc1cc(C)n(CCCNc2cc(Cl)nnc2Cl)n1. The Balaban J connectivity index is 1.84. The van der Waals surface area contributed by atoms with E-state index in [2.05, 4.69) is 33.6 Å². The molecule has 0 atom stereocenters. The zero-order valence-electron chi connectivity index (χ0n) is 10.8. The molecule has 1 N–H and O–H groups in total. The van der Waals surface area contributed by atoms with Crippen molar-refractivity contribution >= 4 is 28.9 Å². The maximum absolute atomic E-state index is 5.91. The van der Waals surface area contributed by atoms with Crippen LogP contribution in [0.5, 0.6) is 0 Å². The Morgan fingerprint density at radius 3 is 2.68 bits per heavy atom. The number of rotatable bonds is 5. The maximum atomic E-state index is 5.91. The third-order valence-electron chi connectivity index (χ3n) is 2.68. The Hall–Kier alpha value is -1.33. The van der Waals surface area contributed by atoms with Crippen molar-refractivity contribution < 1.29 is 0 Å². The van der Waals surface area contributed by atoms with Gasteiger partial charge in [0.1, 0.15) is 0 Å². The molecule has 5 nitrogen and oxygen atoms in total. The molecule has 0 saturated carbocycles. The number of nitrogens with one attached hydrogen (secondary N) is 1. The minimum atomic E-state index is 0.324. The highest BCUT2D eigenvalue weighted by Crippen LogP contribution is 2.20. The highest BCUT2D eigenvalue weighted by Gasteiger charge is 2.04. The van der Waals surface area contributed by atoms with Crippen molar-refractivity contribution in [2.45, 2.75) is 26.8 Å². The largest absolute Gasteiger partial charge is 0.382 e. The molecule has 0 spiro atoms. The van der Waals surface area contributed by atoms with Gasteiger partial charge in [-0.2, -0.15) is 5.10 Å². The number of hydrogen-bond acceptors (Lipinski definition) is 4. The van der Waals surface area contributed by atoms with Crippen LogP contribution < -0.4 is 5.32 Å². The van der Waals surface area contributed by atoms with Crippen molar-refractivity contribution in [3.8, 4) is 0 Å². The molecule has 2 aromatic heterocycles. The van der Waals surface area contributed by atoms with Crippen molar-refractivity contribution in [1.29, 1.82) is 0 Å². The highest BCUT2D eigenvalue weighted by molar-refractivity contribution is 6.33. The molecular formula is C12H15Cl2N5. The van der Waals surface area contributed by atoms with Crippen LogP contribution in [0, 0.1) is 13.8 Å². The van der Waals surface area contributed by atoms with Gasteiger partial charge in [0.25, 0.3) is 0 Å². The van der Waals surface area contributed by atoms with Gasteiger partial charge in [-0.25, -0.2) is 0 Å². The molecule has 0 radical (unpaired) electrons. The van der Waals surface area contributed by atoms with E-state index in [1.165, 1.54) is 5.69 Å². The lowest BCUT2D eigenvalue weighted by Crippen LogP contribution is -2.09. The summed E-state index contributed by atoms with van der Waals surface area (Å²) in [6, 6.07) is 3.73. The second-order valence-electron chi connectivity index (χ2n) is 4.30. The molecule has 102 valence electrons. The van der Waals surface area contributed by atoms with Crippen LogP contribution in [0.4, 0.5) is 5.69 Å². The van der Waals surface area contributed by atoms with Gasteiger partial charge in [0.15, 0.2) is 10.3 Å². The van der Waals surface area contributed by atoms with Crippen LogP contribution >= 0.6 is 23.2 Å². The van der Waals surface area contributed by atoms with Crippen LogP contribution in [0.25, 0.3) is 0 Å². The topological polar surface area (TPSA) is 55.6 Å². The van der Waals surface area contributed by atoms with Crippen LogP contribution in [0.15, 0.2) is 12.1 Å². The molecule has 0 saturated heterocycles. The van der Waals surface area contributed by atoms with Crippen molar-refractivity contribution in [2.24, 2.45) is 0 Å². The number of aryl methyl sites for hydroxylation is 3. The van der Waals surface area contributed by atoms with Crippen LogP contribution in [0.2, 0.25) is 10.3 Å². The van der Waals surface area contributed by atoms with Gasteiger partial charge in [-0.1, -0.05) is 23.2 Å². The second kappa shape index (κ2) is 6.21. The third kappa shape index (κ3) is 3.81. The molecule has 2 aromatic rings. The average molecular weight is 300 g/mol. The molecule has 7 heteroatoms. The molecule has 0 fully saturated rings. The van der Waals surface area contributed by atoms with E-state index in [9.17, 15) is 0 Å². The Morgan fingerprint density at radius 2 is 2.00 bits per heavy atom. The number of anilines is 1. The first-order chi connectivity index (χ1) is 9.06. The lowest BCUT2D eigenvalue weighted by molar-refractivity contribution is 0.573. The number of hydrogen-bond donors (Lipinski definition) is 1. The van der Waals surface area contributed by atoms with Gasteiger partial charge in [0.05, 0.1) is 11.4 Å². The van der Waals surface area contributed by atoms with E-state index in [1.807, 2.05) is 11.6 Å². The zero-order valence-corrected chi connectivity index (χ0v) is 12.3. The van der Waals surface area contributed by atoms with Crippen molar-refractivity contribution in [3.05, 3.63) is 33.8 Å². The fourth-order valence-electron chi connectivity index (χ4n) is 1.83. The Morgan fingerprint density at radius 1 is 1.21 bits per heavy atom. The van der Waals surface area contributed by atoms with Gasteiger partial charge < -0.3 is 5.32 Å². The quantitative estimate of drug-likeness (QED) is 0.862. The Labute approximate surface area is 121 Å². The van der Waals surface area contributed by atoms with Gasteiger partial charge >= 0.3 is 0 Å². The highest BCUT2D eigenvalue weighted by atomic mass is 35.5. The summed E-state index contributed by atoms with van der Waals surface area (Å²) in [4.78, 5) is 0. The van der Waals surface area contributed by atoms with Crippen LogP contribution in [-0.4, -0.2) is 26.5 Å². The number of aromatic nitrogens is 4. The van der Waals surface area contributed by atoms with Crippen LogP contribution in [0.3, 0.4) is 0 Å². The summed E-state index contributed by atoms with van der Waals surface area (Å²) in [5, 5.41) is 15.6. The molecule has 19 heavy (non-hydrogen) atoms. The lowest BCUT2D eigenvalue weighted by Gasteiger charge is -2.08. The van der Waals surface area contributed by atoms with Gasteiger partial charge in [0, 0.05) is 24.8 Å². The Bertz CT molecular complexity index is 567. The van der Waals surface area contributed by atoms with E-state index >= 15 is 0 Å². The molecule has 0 aliphatic carbocycles. The summed E-state index contributed by atoms with van der Waals surface area (Å²) in [6.07, 6.45) is 0.929. The van der Waals surface area contributed by atoms with Gasteiger partial charge in [-0.05, 0) is 26.3 Å². The van der Waals surface area contributed by atoms with Crippen molar-refractivity contribution in [1.82, 2.24) is 20.0 Å². The minimum Gasteiger partial charge on any atom is -0.382 e. The molecule has 0 aliphatic rings. The molecule has 0 bridgehead atoms. The zero-order chi connectivity index (χ0) is 13.8. The first kappa shape index (κ1) is 14.1. The lowest BCUT2D eigenvalue weighted by atomic mass is 10.3. The van der Waals surface area contributed by atoms with Gasteiger partial charge in [0.2, 0.25) is 0 Å². The first-order valence-electron chi connectivity index (χ1n) is 6.00. The van der Waals surface area contributed by atoms with Crippen LogP contribution in [-0.2, 0) is 6.54 Å². The second-order valence-corrected chi connectivity index (χ2v) is 5.05. The predicted octanol–water partition coefficient (Wildman–Crippen LogP) is 3.10. The van der Waals surface area contributed by atoms with E-state index in [4.69, 9.17) is 23.2 Å². The summed E-state index contributed by atoms with van der Waals surface area (Å²) in [5.74, 6) is 0. The molecule has 2 rings (SSSR count). The maximum Gasteiger partial charge on any atom is 0.174 e. The third-order valence-corrected chi connectivity index (χ3v) is 3.15. The van der Waals surface area contributed by atoms with E-state index < -0.39 is 0 Å². The Kier molecular flexibility index (Phi) is 4.61. The molecule has 0 amide bonds. The van der Waals surface area contributed by atoms with Crippen molar-refractivity contribution in [2.75, 3.05) is 11.9 Å². The first-order valence-corrected chi connectivity index (χ1v) is 6.75. The standard InChI is InChI=1S/C12H15Cl2N5/c1-8-6-9(2)19(18-8)5-3-4-15-10-7-11(13)16-17-12(10)14/h6-7H,3-5H2,1-2H3,(H,15,16). The van der Waals surface area contributed by atoms with E-state index in [0.717, 1.165) is 25.2 Å². The van der Waals surface area contributed by atoms with Crippen LogP contribution in [0.1, 0.15) is 17.8 Å². The summed E-state index contributed by atoms with van der Waals surface area (Å²) in [7, 11) is 0. The molecule has 0 aromatic carbocycles. The van der Waals surface area contributed by atoms with E-state index in [1.54, 1.807) is 6.07 Å². The normalized spacial score (nSPS) is 10.7. The number of nitrogens with zero attached hydrogens (tertiary/aromatic N) is 4. The fraction of sp³-hybridized carbons (Fsp3) is 0.417. The average Bonchev–Trinajstić information content (AvgIpc) is 2.67. The van der Waals surface area contributed by atoms with Gasteiger partial charge in [-0.15, -0.1) is 10.2 Å². The minimum absolute atomic E-state index is 0.324. The smallest absolute Gasteiger partial charge is 0.174 e. The van der Waals surface area contributed by atoms with E-state index in [0.29, 0.717) is 16.0 Å². The molecule has 0 aliphatic heterocycles. The predicted molar refractivity (Wildman–Crippen MR) is 76.9 cm³/mol. The summed E-state index contributed by atoms with van der Waals surface area (Å²) >= 11 is 11.7. The summed E-state index contributed by atoms with van der Waals surface area (Å²) in [6.45, 7) is 5.67. The summed E-state index contributed by atoms with van der Waals surface area (Å²) in [5.41, 5.74) is 2.91. The fourth-order valence-corrected chi connectivity index (χ4v) is 2.14. The molecular weight excluding hydrogens is 285 g/mol. The summed E-state index contributed by atoms with van der Waals surface area (Å²) < 4.78 is 2.00. The molecule has 0 unspecified atom stereocenters. The van der Waals surface area contributed by atoms with Crippen molar-refractivity contribution in [3.63, 3.8) is 0 Å². The monoisotopic (exact) mass is 299 g/mol. The number of halogens is 2. The van der Waals surface area contributed by atoms with E-state index in [-0.39, 0.29) is 0 Å². The van der Waals surface area contributed by atoms with Gasteiger partial charge in [-0.3, -0.25) is 4.68 Å².